The van der Waals surface area contributed by atoms with E-state index in [0.29, 0.717) is 11.1 Å². The van der Waals surface area contributed by atoms with Gasteiger partial charge < -0.3 is 10.1 Å². The fourth-order valence-corrected chi connectivity index (χ4v) is 0.980. The van der Waals surface area contributed by atoms with Crippen LogP contribution in [0.5, 0.6) is 0 Å². The average Bonchev–Trinajstić information content (AvgIpc) is 1.97. The molecular weight excluding hydrogens is 158 g/mol. The first kappa shape index (κ1) is 8.52. The minimum atomic E-state index is -0.991. The van der Waals surface area contributed by atoms with Crippen molar-refractivity contribution in [3.63, 3.8) is 0 Å². The van der Waals surface area contributed by atoms with Crippen molar-refractivity contribution in [2.45, 2.75) is 13.3 Å². The molecule has 0 aliphatic rings. The van der Waals surface area contributed by atoms with Crippen molar-refractivity contribution in [1.82, 2.24) is 4.98 Å². The Morgan fingerprint density at radius 2 is 2.33 bits per heavy atom. The number of carbonyl (C=O) groups is 1. The summed E-state index contributed by atoms with van der Waals surface area (Å²) in [6, 6.07) is 1.68. The number of aliphatic carboxylic acids is 1. The molecular formula is C8H9NO3. The predicted octanol–water partition coefficient (Wildman–Crippen LogP) is 0.310. The van der Waals surface area contributed by atoms with Crippen LogP contribution in [0.1, 0.15) is 11.1 Å². The van der Waals surface area contributed by atoms with Gasteiger partial charge in [-0.1, -0.05) is 0 Å². The minimum Gasteiger partial charge on any atom is -0.481 e. The van der Waals surface area contributed by atoms with Crippen LogP contribution in [-0.2, 0) is 11.2 Å². The number of carboxylic acids is 1. The molecule has 1 aromatic rings. The van der Waals surface area contributed by atoms with Crippen molar-refractivity contribution >= 4 is 5.97 Å². The molecule has 4 nitrogen and oxygen atoms in total. The van der Waals surface area contributed by atoms with Gasteiger partial charge in [-0.3, -0.25) is 9.59 Å². The van der Waals surface area contributed by atoms with Gasteiger partial charge >= 0.3 is 5.97 Å². The first-order valence-corrected chi connectivity index (χ1v) is 3.50. The molecule has 64 valence electrons. The highest BCUT2D eigenvalue weighted by atomic mass is 16.4. The molecule has 0 saturated heterocycles. The number of pyridine rings is 1. The lowest BCUT2D eigenvalue weighted by atomic mass is 10.1. The molecule has 0 aliphatic heterocycles. The van der Waals surface area contributed by atoms with Gasteiger partial charge in [-0.15, -0.1) is 0 Å². The largest absolute Gasteiger partial charge is 0.481 e. The summed E-state index contributed by atoms with van der Waals surface area (Å²) in [6.07, 6.45) is 1.28. The SMILES string of the molecule is Cc1cc[nH]c(=O)c1CC(=O)O. The minimum absolute atomic E-state index is 0.220. The summed E-state index contributed by atoms with van der Waals surface area (Å²) < 4.78 is 0. The van der Waals surface area contributed by atoms with Gasteiger partial charge in [-0.05, 0) is 18.6 Å². The average molecular weight is 167 g/mol. The Bertz CT molecular complexity index is 354. The lowest BCUT2D eigenvalue weighted by molar-refractivity contribution is -0.136. The van der Waals surface area contributed by atoms with Crippen LogP contribution in [0.4, 0.5) is 0 Å². The quantitative estimate of drug-likeness (QED) is 0.666. The number of nitrogens with one attached hydrogen (secondary N) is 1. The Labute approximate surface area is 68.9 Å². The van der Waals surface area contributed by atoms with Crippen LogP contribution in [0.2, 0.25) is 0 Å². The standard InChI is InChI=1S/C8H9NO3/c1-5-2-3-9-8(12)6(5)4-7(10)11/h2-3H,4H2,1H3,(H,9,12)(H,10,11). The fourth-order valence-electron chi connectivity index (χ4n) is 0.980. The third-order valence-electron chi connectivity index (χ3n) is 1.63. The third-order valence-corrected chi connectivity index (χ3v) is 1.63. The second kappa shape index (κ2) is 3.21. The van der Waals surface area contributed by atoms with E-state index in [2.05, 4.69) is 4.98 Å². The van der Waals surface area contributed by atoms with Crippen LogP contribution in [0, 0.1) is 6.92 Å². The van der Waals surface area contributed by atoms with Gasteiger partial charge in [-0.2, -0.15) is 0 Å². The molecule has 0 atom stereocenters. The smallest absolute Gasteiger partial charge is 0.308 e. The summed E-state index contributed by atoms with van der Waals surface area (Å²) >= 11 is 0. The summed E-state index contributed by atoms with van der Waals surface area (Å²) in [5, 5.41) is 8.46. The van der Waals surface area contributed by atoms with Gasteiger partial charge in [0.15, 0.2) is 0 Å². The molecule has 2 N–H and O–H groups in total. The Hall–Kier alpha value is -1.58. The van der Waals surface area contributed by atoms with E-state index in [1.165, 1.54) is 6.20 Å². The third kappa shape index (κ3) is 1.72. The van der Waals surface area contributed by atoms with E-state index in [1.807, 2.05) is 0 Å². The molecule has 1 heterocycles. The van der Waals surface area contributed by atoms with Crippen molar-refractivity contribution in [3.8, 4) is 0 Å². The van der Waals surface area contributed by atoms with Crippen LogP contribution in [-0.4, -0.2) is 16.1 Å². The molecule has 0 aliphatic carbocycles. The second-order valence-corrected chi connectivity index (χ2v) is 2.54. The van der Waals surface area contributed by atoms with Crippen LogP contribution in [0.15, 0.2) is 17.1 Å². The molecule has 0 fully saturated rings. The molecule has 1 rings (SSSR count). The summed E-state index contributed by atoms with van der Waals surface area (Å²) in [5.41, 5.74) is 0.712. The number of hydrogen-bond acceptors (Lipinski definition) is 2. The van der Waals surface area contributed by atoms with Gasteiger partial charge in [0.1, 0.15) is 0 Å². The molecule has 0 radical (unpaired) electrons. The second-order valence-electron chi connectivity index (χ2n) is 2.54. The topological polar surface area (TPSA) is 70.2 Å². The van der Waals surface area contributed by atoms with E-state index in [-0.39, 0.29) is 12.0 Å². The highest BCUT2D eigenvalue weighted by Crippen LogP contribution is 2.00. The summed E-state index contributed by atoms with van der Waals surface area (Å²) in [7, 11) is 0. The van der Waals surface area contributed by atoms with E-state index in [1.54, 1.807) is 13.0 Å². The number of aromatic nitrogens is 1. The van der Waals surface area contributed by atoms with E-state index < -0.39 is 5.97 Å². The molecule has 0 amide bonds. The van der Waals surface area contributed by atoms with E-state index in [0.717, 1.165) is 0 Å². The van der Waals surface area contributed by atoms with Crippen molar-refractivity contribution in [2.24, 2.45) is 0 Å². The van der Waals surface area contributed by atoms with Gasteiger partial charge in [0, 0.05) is 11.8 Å². The molecule has 12 heavy (non-hydrogen) atoms. The van der Waals surface area contributed by atoms with Gasteiger partial charge in [0.25, 0.3) is 5.56 Å². The molecule has 0 unspecified atom stereocenters. The predicted molar refractivity (Wildman–Crippen MR) is 43.1 cm³/mol. The lowest BCUT2D eigenvalue weighted by Gasteiger charge is -1.98. The highest BCUT2D eigenvalue weighted by molar-refractivity contribution is 5.70. The molecule has 4 heteroatoms. The number of aryl methyl sites for hydroxylation is 1. The van der Waals surface area contributed by atoms with Crippen molar-refractivity contribution in [2.75, 3.05) is 0 Å². The van der Waals surface area contributed by atoms with Gasteiger partial charge in [-0.25, -0.2) is 0 Å². The number of aromatic amines is 1. The zero-order chi connectivity index (χ0) is 9.14. The molecule has 0 aromatic carbocycles. The molecule has 0 bridgehead atoms. The van der Waals surface area contributed by atoms with E-state index >= 15 is 0 Å². The highest BCUT2D eigenvalue weighted by Gasteiger charge is 2.06. The number of carboxylic acid groups (broad SMARTS) is 1. The maximum absolute atomic E-state index is 11.1. The number of rotatable bonds is 2. The monoisotopic (exact) mass is 167 g/mol. The lowest BCUT2D eigenvalue weighted by Crippen LogP contribution is -2.17. The van der Waals surface area contributed by atoms with Crippen LogP contribution < -0.4 is 5.56 Å². The van der Waals surface area contributed by atoms with Gasteiger partial charge in [0.05, 0.1) is 6.42 Å². The van der Waals surface area contributed by atoms with Crippen LogP contribution >= 0.6 is 0 Å². The summed E-state index contributed by atoms with van der Waals surface area (Å²) in [4.78, 5) is 23.8. The van der Waals surface area contributed by atoms with E-state index in [4.69, 9.17) is 5.11 Å². The number of H-pyrrole nitrogens is 1. The van der Waals surface area contributed by atoms with Gasteiger partial charge in [0.2, 0.25) is 0 Å². The zero-order valence-corrected chi connectivity index (χ0v) is 6.63. The Morgan fingerprint density at radius 1 is 1.67 bits per heavy atom. The Kier molecular flexibility index (Phi) is 2.28. The van der Waals surface area contributed by atoms with E-state index in [9.17, 15) is 9.59 Å². The normalized spacial score (nSPS) is 9.75. The number of hydrogen-bond donors (Lipinski definition) is 2. The Morgan fingerprint density at radius 3 is 2.83 bits per heavy atom. The first-order valence-electron chi connectivity index (χ1n) is 3.50. The maximum atomic E-state index is 11.1. The molecule has 0 saturated carbocycles. The van der Waals surface area contributed by atoms with Crippen molar-refractivity contribution < 1.29 is 9.90 Å². The van der Waals surface area contributed by atoms with Crippen molar-refractivity contribution in [3.05, 3.63) is 33.7 Å². The fraction of sp³-hybridized carbons (Fsp3) is 0.250. The maximum Gasteiger partial charge on any atom is 0.308 e. The van der Waals surface area contributed by atoms with Crippen molar-refractivity contribution in [1.29, 1.82) is 0 Å². The molecule has 1 aromatic heterocycles. The summed E-state index contributed by atoms with van der Waals surface area (Å²) in [6.45, 7) is 1.72. The first-order chi connectivity index (χ1) is 5.61. The zero-order valence-electron chi connectivity index (χ0n) is 6.63. The van der Waals surface area contributed by atoms with Crippen LogP contribution in [0.25, 0.3) is 0 Å². The van der Waals surface area contributed by atoms with Crippen LogP contribution in [0.3, 0.4) is 0 Å². The Balaban J connectivity index is 3.13. The summed E-state index contributed by atoms with van der Waals surface area (Å²) in [5.74, 6) is -0.991. The molecule has 0 spiro atoms.